The van der Waals surface area contributed by atoms with Gasteiger partial charge in [0.25, 0.3) is 5.91 Å². The summed E-state index contributed by atoms with van der Waals surface area (Å²) >= 11 is 1.42. The molecule has 1 saturated heterocycles. The zero-order valence-electron chi connectivity index (χ0n) is 17.8. The third-order valence-electron chi connectivity index (χ3n) is 6.84. The maximum atomic E-state index is 14.2. The molecule has 2 aromatic rings. The number of carbonyl (C=O) groups excluding carboxylic acids is 2. The van der Waals surface area contributed by atoms with Gasteiger partial charge in [-0.3, -0.25) is 14.5 Å². The van der Waals surface area contributed by atoms with E-state index in [9.17, 15) is 9.59 Å². The van der Waals surface area contributed by atoms with Gasteiger partial charge in [-0.1, -0.05) is 25.1 Å². The van der Waals surface area contributed by atoms with E-state index < -0.39 is 4.87 Å². The van der Waals surface area contributed by atoms with Gasteiger partial charge >= 0.3 is 0 Å². The van der Waals surface area contributed by atoms with Gasteiger partial charge in [0.1, 0.15) is 13.2 Å². The van der Waals surface area contributed by atoms with Gasteiger partial charge in [-0.2, -0.15) is 0 Å². The molecule has 6 nitrogen and oxygen atoms in total. The van der Waals surface area contributed by atoms with E-state index >= 15 is 0 Å². The fourth-order valence-corrected chi connectivity index (χ4v) is 7.03. The minimum Gasteiger partial charge on any atom is -0.486 e. The lowest BCUT2D eigenvalue weighted by molar-refractivity contribution is -0.124. The molecule has 31 heavy (non-hydrogen) atoms. The second-order valence-corrected chi connectivity index (χ2v) is 10.5. The molecule has 1 spiro atoms. The second kappa shape index (κ2) is 6.19. The largest absolute Gasteiger partial charge is 0.486 e. The summed E-state index contributed by atoms with van der Waals surface area (Å²) in [5.41, 5.74) is 3.43. The van der Waals surface area contributed by atoms with Crippen molar-refractivity contribution in [1.29, 1.82) is 0 Å². The van der Waals surface area contributed by atoms with Gasteiger partial charge in [0.15, 0.2) is 11.5 Å². The lowest BCUT2D eigenvalue weighted by atomic mass is 9.80. The van der Waals surface area contributed by atoms with Crippen molar-refractivity contribution in [3.05, 3.63) is 47.5 Å². The molecule has 7 heteroatoms. The number of rotatable bonds is 1. The minimum atomic E-state index is -1.09. The fraction of sp³-hybridized carbons (Fsp3) is 0.417. The standard InChI is InChI=1S/C24H24N2O4S/c1-14-12-23(2,3)26-21-16(14)5-4-6-17(21)24(22(26)28)25(20(27)13-31-24)15-7-8-18-19(11-15)30-10-9-29-18/h4-8,11,14H,9-10,12-13H2,1-3H3. The quantitative estimate of drug-likeness (QED) is 0.676. The second-order valence-electron chi connectivity index (χ2n) is 9.29. The minimum absolute atomic E-state index is 0.0300. The van der Waals surface area contributed by atoms with Crippen LogP contribution in [0.3, 0.4) is 0 Å². The Bertz CT molecular complexity index is 1150. The summed E-state index contributed by atoms with van der Waals surface area (Å²) in [4.78, 5) is 30.0. The van der Waals surface area contributed by atoms with E-state index in [4.69, 9.17) is 9.47 Å². The first-order valence-electron chi connectivity index (χ1n) is 10.7. The number of ether oxygens (including phenoxy) is 2. The average Bonchev–Trinajstić information content (AvgIpc) is 3.22. The van der Waals surface area contributed by atoms with Crippen molar-refractivity contribution in [3.8, 4) is 11.5 Å². The number of hydrogen-bond donors (Lipinski definition) is 0. The van der Waals surface area contributed by atoms with Gasteiger partial charge in [0.2, 0.25) is 10.8 Å². The van der Waals surface area contributed by atoms with Crippen LogP contribution in [0, 0.1) is 0 Å². The van der Waals surface area contributed by atoms with Crippen molar-refractivity contribution < 1.29 is 19.1 Å². The Morgan fingerprint density at radius 2 is 1.81 bits per heavy atom. The normalized spacial score (nSPS) is 27.8. The van der Waals surface area contributed by atoms with Gasteiger partial charge < -0.3 is 14.4 Å². The van der Waals surface area contributed by atoms with Crippen LogP contribution in [0.5, 0.6) is 11.5 Å². The summed E-state index contributed by atoms with van der Waals surface area (Å²) in [5, 5.41) is 0. The molecule has 160 valence electrons. The van der Waals surface area contributed by atoms with Crippen molar-refractivity contribution in [2.45, 2.75) is 43.5 Å². The van der Waals surface area contributed by atoms with Crippen LogP contribution in [-0.4, -0.2) is 36.3 Å². The third kappa shape index (κ3) is 2.35. The Kier molecular flexibility index (Phi) is 3.80. The van der Waals surface area contributed by atoms with Crippen molar-refractivity contribution in [3.63, 3.8) is 0 Å². The Labute approximate surface area is 185 Å². The first-order chi connectivity index (χ1) is 14.8. The summed E-state index contributed by atoms with van der Waals surface area (Å²) in [6.45, 7) is 7.43. The summed E-state index contributed by atoms with van der Waals surface area (Å²) in [6, 6.07) is 11.7. The lowest BCUT2D eigenvalue weighted by Gasteiger charge is -2.44. The molecule has 1 fully saturated rings. The topological polar surface area (TPSA) is 59.1 Å². The molecule has 2 unspecified atom stereocenters. The number of nitrogens with zero attached hydrogens (tertiary/aromatic N) is 2. The Morgan fingerprint density at radius 1 is 1.03 bits per heavy atom. The molecule has 4 aliphatic rings. The van der Waals surface area contributed by atoms with Crippen molar-refractivity contribution in [2.75, 3.05) is 28.8 Å². The lowest BCUT2D eigenvalue weighted by Crippen LogP contribution is -2.56. The molecular weight excluding hydrogens is 412 g/mol. The van der Waals surface area contributed by atoms with Crippen LogP contribution >= 0.6 is 11.8 Å². The van der Waals surface area contributed by atoms with E-state index in [1.807, 2.05) is 35.2 Å². The monoisotopic (exact) mass is 436 g/mol. The van der Waals surface area contributed by atoms with Crippen LogP contribution in [0.1, 0.15) is 44.2 Å². The smallest absolute Gasteiger partial charge is 0.269 e. The SMILES string of the molecule is CC1CC(C)(C)N2C(=O)C3(SCC(=O)N3c3ccc4c(c3)OCCO4)c3cccc1c32. The van der Waals surface area contributed by atoms with E-state index in [1.54, 1.807) is 4.90 Å². The molecule has 4 heterocycles. The van der Waals surface area contributed by atoms with E-state index in [1.165, 1.54) is 17.3 Å². The Balaban J connectivity index is 1.57. The summed E-state index contributed by atoms with van der Waals surface area (Å²) in [7, 11) is 0. The van der Waals surface area contributed by atoms with Gasteiger partial charge in [-0.15, -0.1) is 11.8 Å². The van der Waals surface area contributed by atoms with Gasteiger partial charge in [0, 0.05) is 22.9 Å². The molecular formula is C24H24N2O4S. The number of amides is 2. The molecule has 6 rings (SSSR count). The highest BCUT2D eigenvalue weighted by molar-refractivity contribution is 8.02. The molecule has 0 aliphatic carbocycles. The average molecular weight is 437 g/mol. The molecule has 2 atom stereocenters. The number of benzene rings is 2. The number of fused-ring (bicyclic) bond motifs is 2. The first-order valence-corrected chi connectivity index (χ1v) is 11.7. The van der Waals surface area contributed by atoms with Crippen LogP contribution in [0.25, 0.3) is 0 Å². The van der Waals surface area contributed by atoms with Gasteiger partial charge in [0.05, 0.1) is 11.4 Å². The highest BCUT2D eigenvalue weighted by atomic mass is 32.2. The summed E-state index contributed by atoms with van der Waals surface area (Å²) in [6.07, 6.45) is 0.883. The predicted octanol–water partition coefficient (Wildman–Crippen LogP) is 4.02. The number of anilines is 2. The first kappa shape index (κ1) is 19.0. The van der Waals surface area contributed by atoms with Crippen LogP contribution in [0.4, 0.5) is 11.4 Å². The van der Waals surface area contributed by atoms with Crippen molar-refractivity contribution in [2.24, 2.45) is 0 Å². The molecule has 0 radical (unpaired) electrons. The highest BCUT2D eigenvalue weighted by Crippen LogP contribution is 2.61. The zero-order valence-corrected chi connectivity index (χ0v) is 18.6. The summed E-state index contributed by atoms with van der Waals surface area (Å²) < 4.78 is 11.4. The fourth-order valence-electron chi connectivity index (χ4n) is 5.70. The molecule has 2 aromatic carbocycles. The number of hydrogen-bond acceptors (Lipinski definition) is 5. The number of carbonyl (C=O) groups is 2. The summed E-state index contributed by atoms with van der Waals surface area (Å²) in [5.74, 6) is 1.77. The van der Waals surface area contributed by atoms with E-state index in [-0.39, 0.29) is 23.1 Å². The Morgan fingerprint density at radius 3 is 2.61 bits per heavy atom. The zero-order chi connectivity index (χ0) is 21.5. The van der Waals surface area contributed by atoms with E-state index in [0.29, 0.717) is 36.3 Å². The number of thioether (sulfide) groups is 1. The number of para-hydroxylation sites is 1. The van der Waals surface area contributed by atoms with Gasteiger partial charge in [-0.25, -0.2) is 0 Å². The van der Waals surface area contributed by atoms with Gasteiger partial charge in [-0.05, 0) is 43.9 Å². The van der Waals surface area contributed by atoms with Crippen LogP contribution in [0.2, 0.25) is 0 Å². The van der Waals surface area contributed by atoms with E-state index in [2.05, 4.69) is 26.8 Å². The predicted molar refractivity (Wildman–Crippen MR) is 120 cm³/mol. The Hall–Kier alpha value is -2.67. The molecule has 0 aromatic heterocycles. The molecule has 2 amide bonds. The molecule has 0 bridgehead atoms. The van der Waals surface area contributed by atoms with Crippen molar-refractivity contribution in [1.82, 2.24) is 0 Å². The third-order valence-corrected chi connectivity index (χ3v) is 8.23. The van der Waals surface area contributed by atoms with E-state index in [0.717, 1.165) is 17.7 Å². The molecule has 4 aliphatic heterocycles. The molecule has 0 saturated carbocycles. The highest BCUT2D eigenvalue weighted by Gasteiger charge is 2.64. The maximum Gasteiger partial charge on any atom is 0.269 e. The van der Waals surface area contributed by atoms with Crippen LogP contribution in [-0.2, 0) is 14.5 Å². The van der Waals surface area contributed by atoms with Crippen LogP contribution < -0.4 is 19.3 Å². The maximum absolute atomic E-state index is 14.2. The van der Waals surface area contributed by atoms with Crippen LogP contribution in [0.15, 0.2) is 36.4 Å². The molecule has 0 N–H and O–H groups in total. The van der Waals surface area contributed by atoms with Crippen molar-refractivity contribution >= 4 is 35.0 Å².